The number of aliphatic hydroxyl groups is 1. The SMILES string of the molecule is CC(C)(C)CS(=O)(=O)NCc1ccccc1C#CCO. The zero-order chi connectivity index (χ0) is 15.2. The molecular formula is C15H21NO3S. The molecule has 0 fully saturated rings. The molecule has 0 aliphatic rings. The summed E-state index contributed by atoms with van der Waals surface area (Å²) in [5.74, 6) is 5.46. The van der Waals surface area contributed by atoms with E-state index in [0.29, 0.717) is 0 Å². The van der Waals surface area contributed by atoms with Crippen molar-refractivity contribution >= 4 is 10.0 Å². The zero-order valence-corrected chi connectivity index (χ0v) is 12.9. The van der Waals surface area contributed by atoms with E-state index in [4.69, 9.17) is 5.11 Å². The fourth-order valence-electron chi connectivity index (χ4n) is 1.74. The number of hydrogen-bond acceptors (Lipinski definition) is 3. The van der Waals surface area contributed by atoms with Crippen LogP contribution in [-0.2, 0) is 16.6 Å². The van der Waals surface area contributed by atoms with Gasteiger partial charge in [0.05, 0.1) is 5.75 Å². The molecule has 0 aromatic heterocycles. The standard InChI is InChI=1S/C15H21NO3S/c1-15(2,3)12-20(18,19)16-11-14-8-5-4-7-13(14)9-6-10-17/h4-5,7-8,16-17H,10-12H2,1-3H3. The van der Waals surface area contributed by atoms with Crippen LogP contribution in [0.3, 0.4) is 0 Å². The Balaban J connectivity index is 2.80. The molecule has 0 spiro atoms. The van der Waals surface area contributed by atoms with Crippen molar-refractivity contribution in [3.05, 3.63) is 35.4 Å². The highest BCUT2D eigenvalue weighted by molar-refractivity contribution is 7.89. The second-order valence-electron chi connectivity index (χ2n) is 5.76. The zero-order valence-electron chi connectivity index (χ0n) is 12.1. The van der Waals surface area contributed by atoms with E-state index < -0.39 is 10.0 Å². The Morgan fingerprint density at radius 1 is 1.25 bits per heavy atom. The minimum absolute atomic E-state index is 0.0739. The summed E-state index contributed by atoms with van der Waals surface area (Å²) in [5, 5.41) is 8.72. The quantitative estimate of drug-likeness (QED) is 0.827. The van der Waals surface area contributed by atoms with E-state index in [1.54, 1.807) is 6.07 Å². The van der Waals surface area contributed by atoms with Gasteiger partial charge in [0.25, 0.3) is 0 Å². The first-order valence-corrected chi connectivity index (χ1v) is 8.04. The molecule has 4 nitrogen and oxygen atoms in total. The molecule has 0 heterocycles. The summed E-state index contributed by atoms with van der Waals surface area (Å²) >= 11 is 0. The lowest BCUT2D eigenvalue weighted by molar-refractivity contribution is 0.350. The molecule has 0 amide bonds. The first-order chi connectivity index (χ1) is 9.23. The third kappa shape index (κ3) is 6.20. The highest BCUT2D eigenvalue weighted by Gasteiger charge is 2.21. The fourth-order valence-corrected chi connectivity index (χ4v) is 3.36. The summed E-state index contributed by atoms with van der Waals surface area (Å²) in [6.07, 6.45) is 0. The molecule has 0 atom stereocenters. The van der Waals surface area contributed by atoms with Crippen molar-refractivity contribution in [1.29, 1.82) is 0 Å². The van der Waals surface area contributed by atoms with E-state index in [1.165, 1.54) is 0 Å². The van der Waals surface area contributed by atoms with Crippen LogP contribution in [0.25, 0.3) is 0 Å². The molecule has 20 heavy (non-hydrogen) atoms. The van der Waals surface area contributed by atoms with Crippen molar-refractivity contribution in [3.63, 3.8) is 0 Å². The molecule has 0 bridgehead atoms. The topological polar surface area (TPSA) is 66.4 Å². The van der Waals surface area contributed by atoms with Gasteiger partial charge in [-0.1, -0.05) is 50.8 Å². The van der Waals surface area contributed by atoms with Gasteiger partial charge in [0.1, 0.15) is 6.61 Å². The second-order valence-corrected chi connectivity index (χ2v) is 7.56. The predicted molar refractivity (Wildman–Crippen MR) is 80.5 cm³/mol. The molecule has 5 heteroatoms. The molecule has 0 unspecified atom stereocenters. The van der Waals surface area contributed by atoms with Gasteiger partial charge >= 0.3 is 0 Å². The molecule has 1 rings (SSSR count). The average Bonchev–Trinajstić information content (AvgIpc) is 2.32. The summed E-state index contributed by atoms with van der Waals surface area (Å²) in [5.41, 5.74) is 1.23. The Morgan fingerprint density at radius 3 is 2.50 bits per heavy atom. The lowest BCUT2D eigenvalue weighted by atomic mass is 10.0. The van der Waals surface area contributed by atoms with E-state index in [9.17, 15) is 8.42 Å². The molecule has 0 aliphatic carbocycles. The van der Waals surface area contributed by atoms with Crippen molar-refractivity contribution in [2.75, 3.05) is 12.4 Å². The van der Waals surface area contributed by atoms with Crippen LogP contribution in [0.1, 0.15) is 31.9 Å². The van der Waals surface area contributed by atoms with E-state index >= 15 is 0 Å². The lowest BCUT2D eigenvalue weighted by Crippen LogP contribution is -2.32. The largest absolute Gasteiger partial charge is 0.384 e. The van der Waals surface area contributed by atoms with E-state index in [1.807, 2.05) is 39.0 Å². The molecule has 0 saturated carbocycles. The van der Waals surface area contributed by atoms with Crippen molar-refractivity contribution in [2.24, 2.45) is 5.41 Å². The van der Waals surface area contributed by atoms with Gasteiger partial charge in [0.2, 0.25) is 10.0 Å². The van der Waals surface area contributed by atoms with Gasteiger partial charge in [-0.15, -0.1) is 0 Å². The van der Waals surface area contributed by atoms with Crippen molar-refractivity contribution in [1.82, 2.24) is 4.72 Å². The number of benzene rings is 1. The number of hydrogen-bond donors (Lipinski definition) is 2. The Labute approximate surface area is 121 Å². The van der Waals surface area contributed by atoms with Gasteiger partial charge in [0.15, 0.2) is 0 Å². The summed E-state index contributed by atoms with van der Waals surface area (Å²) in [6, 6.07) is 7.28. The van der Waals surface area contributed by atoms with Gasteiger partial charge in [-0.3, -0.25) is 0 Å². The van der Waals surface area contributed by atoms with Crippen LogP contribution < -0.4 is 4.72 Å². The Bertz CT molecular complexity index is 604. The highest BCUT2D eigenvalue weighted by atomic mass is 32.2. The van der Waals surface area contributed by atoms with Crippen LogP contribution in [-0.4, -0.2) is 25.9 Å². The van der Waals surface area contributed by atoms with Crippen LogP contribution in [0.15, 0.2) is 24.3 Å². The van der Waals surface area contributed by atoms with E-state index in [-0.39, 0.29) is 24.3 Å². The molecular weight excluding hydrogens is 274 g/mol. The smallest absolute Gasteiger partial charge is 0.212 e. The van der Waals surface area contributed by atoms with Crippen LogP contribution in [0.2, 0.25) is 0 Å². The Morgan fingerprint density at radius 2 is 1.90 bits per heavy atom. The number of nitrogens with one attached hydrogen (secondary N) is 1. The van der Waals surface area contributed by atoms with Crippen molar-refractivity contribution in [2.45, 2.75) is 27.3 Å². The molecule has 1 aromatic rings. The number of aliphatic hydroxyl groups excluding tert-OH is 1. The minimum atomic E-state index is -3.32. The molecule has 2 N–H and O–H groups in total. The summed E-state index contributed by atoms with van der Waals surface area (Å²) in [4.78, 5) is 0. The fraction of sp³-hybridized carbons (Fsp3) is 0.467. The Kier molecular flexibility index (Phi) is 5.75. The first kappa shape index (κ1) is 16.7. The maximum absolute atomic E-state index is 12.0. The van der Waals surface area contributed by atoms with Crippen molar-refractivity contribution in [3.8, 4) is 11.8 Å². The summed E-state index contributed by atoms with van der Waals surface area (Å²) < 4.78 is 26.5. The second kappa shape index (κ2) is 6.89. The average molecular weight is 295 g/mol. The summed E-state index contributed by atoms with van der Waals surface area (Å²) in [7, 11) is -3.32. The van der Waals surface area contributed by atoms with Crippen LogP contribution in [0.5, 0.6) is 0 Å². The third-order valence-electron chi connectivity index (χ3n) is 2.43. The number of sulfonamides is 1. The molecule has 1 aromatic carbocycles. The van der Waals surface area contributed by atoms with Gasteiger partial charge in [-0.05, 0) is 17.0 Å². The Hall–Kier alpha value is -1.35. The van der Waals surface area contributed by atoms with E-state index in [0.717, 1.165) is 11.1 Å². The molecule has 0 radical (unpaired) electrons. The van der Waals surface area contributed by atoms with Gasteiger partial charge < -0.3 is 5.11 Å². The van der Waals surface area contributed by atoms with Gasteiger partial charge in [0, 0.05) is 12.1 Å². The first-order valence-electron chi connectivity index (χ1n) is 6.38. The molecule has 0 aliphatic heterocycles. The van der Waals surface area contributed by atoms with Crippen LogP contribution in [0.4, 0.5) is 0 Å². The summed E-state index contributed by atoms with van der Waals surface area (Å²) in [6.45, 7) is 5.63. The third-order valence-corrected chi connectivity index (χ3v) is 4.26. The van der Waals surface area contributed by atoms with Crippen LogP contribution in [0, 0.1) is 17.3 Å². The predicted octanol–water partition coefficient (Wildman–Crippen LogP) is 1.50. The van der Waals surface area contributed by atoms with Gasteiger partial charge in [-0.2, -0.15) is 0 Å². The van der Waals surface area contributed by atoms with E-state index in [2.05, 4.69) is 16.6 Å². The number of rotatable bonds is 4. The van der Waals surface area contributed by atoms with Gasteiger partial charge in [-0.25, -0.2) is 13.1 Å². The maximum atomic E-state index is 12.0. The monoisotopic (exact) mass is 295 g/mol. The minimum Gasteiger partial charge on any atom is -0.384 e. The van der Waals surface area contributed by atoms with Crippen LogP contribution >= 0.6 is 0 Å². The molecule has 110 valence electrons. The highest BCUT2D eigenvalue weighted by Crippen LogP contribution is 2.16. The normalized spacial score (nSPS) is 11.8. The maximum Gasteiger partial charge on any atom is 0.212 e. The van der Waals surface area contributed by atoms with Crippen molar-refractivity contribution < 1.29 is 13.5 Å². The lowest BCUT2D eigenvalue weighted by Gasteiger charge is -2.18. The molecule has 0 saturated heterocycles.